The van der Waals surface area contributed by atoms with Gasteiger partial charge in [-0.2, -0.15) is 0 Å². The maximum Gasteiger partial charge on any atom is 0.0819 e. The lowest BCUT2D eigenvalue weighted by atomic mass is 9.85. The molecule has 94 valence electrons. The summed E-state index contributed by atoms with van der Waals surface area (Å²) in [7, 11) is 0. The van der Waals surface area contributed by atoms with Crippen LogP contribution < -0.4 is 5.32 Å². The van der Waals surface area contributed by atoms with Gasteiger partial charge in [0.1, 0.15) is 0 Å². The van der Waals surface area contributed by atoms with Gasteiger partial charge in [-0.3, -0.25) is 0 Å². The molecule has 1 saturated carbocycles. The van der Waals surface area contributed by atoms with Crippen LogP contribution in [0.5, 0.6) is 0 Å². The first-order valence-corrected chi connectivity index (χ1v) is 7.17. The number of rotatable bonds is 3. The molecule has 0 radical (unpaired) electrons. The second-order valence-electron chi connectivity index (χ2n) is 4.76. The van der Waals surface area contributed by atoms with E-state index in [-0.39, 0.29) is 0 Å². The third-order valence-corrected chi connectivity index (χ3v) is 4.25. The van der Waals surface area contributed by atoms with Crippen molar-refractivity contribution in [1.29, 1.82) is 0 Å². The van der Waals surface area contributed by atoms with Crippen molar-refractivity contribution in [3.05, 3.63) is 27.7 Å². The molecule has 2 rings (SSSR count). The van der Waals surface area contributed by atoms with Crippen molar-refractivity contribution in [2.45, 2.75) is 37.7 Å². The van der Waals surface area contributed by atoms with Gasteiger partial charge in [0.2, 0.25) is 0 Å². The zero-order valence-electron chi connectivity index (χ0n) is 9.68. The Hall–Kier alpha value is -0.250. The SMILES string of the molecule is OC1(CNc2cc(Cl)ccc2Br)CCCCC1. The van der Waals surface area contributed by atoms with E-state index in [2.05, 4.69) is 21.2 Å². The highest BCUT2D eigenvalue weighted by Gasteiger charge is 2.28. The first kappa shape index (κ1) is 13.2. The lowest BCUT2D eigenvalue weighted by molar-refractivity contribution is 0.0167. The Morgan fingerprint density at radius 3 is 2.71 bits per heavy atom. The predicted octanol–water partition coefficient (Wildman–Crippen LogP) is 4.21. The highest BCUT2D eigenvalue weighted by atomic mass is 79.9. The summed E-state index contributed by atoms with van der Waals surface area (Å²) in [4.78, 5) is 0. The normalized spacial score (nSPS) is 19.0. The fourth-order valence-corrected chi connectivity index (χ4v) is 2.84. The van der Waals surface area contributed by atoms with Gasteiger partial charge in [0.05, 0.1) is 11.3 Å². The Labute approximate surface area is 115 Å². The largest absolute Gasteiger partial charge is 0.388 e. The van der Waals surface area contributed by atoms with Gasteiger partial charge in [-0.25, -0.2) is 0 Å². The van der Waals surface area contributed by atoms with Crippen LogP contribution in [0.15, 0.2) is 22.7 Å². The minimum Gasteiger partial charge on any atom is -0.388 e. The molecular formula is C13H17BrClNO. The number of hydrogen-bond donors (Lipinski definition) is 2. The van der Waals surface area contributed by atoms with E-state index >= 15 is 0 Å². The fraction of sp³-hybridized carbons (Fsp3) is 0.538. The zero-order valence-corrected chi connectivity index (χ0v) is 12.0. The minimum absolute atomic E-state index is 0.556. The summed E-state index contributed by atoms with van der Waals surface area (Å²) in [5.41, 5.74) is 0.386. The molecule has 1 aliphatic carbocycles. The van der Waals surface area contributed by atoms with Crippen LogP contribution in [0, 0.1) is 0 Å². The molecule has 1 aliphatic rings. The van der Waals surface area contributed by atoms with Crippen LogP contribution in [-0.2, 0) is 0 Å². The van der Waals surface area contributed by atoms with Crippen LogP contribution >= 0.6 is 27.5 Å². The lowest BCUT2D eigenvalue weighted by Gasteiger charge is -2.32. The van der Waals surface area contributed by atoms with Crippen molar-refractivity contribution in [2.75, 3.05) is 11.9 Å². The Kier molecular flexibility index (Phi) is 4.34. The Bertz CT molecular complexity index is 391. The summed E-state index contributed by atoms with van der Waals surface area (Å²) in [6.07, 6.45) is 5.25. The first-order valence-electron chi connectivity index (χ1n) is 6.00. The van der Waals surface area contributed by atoms with E-state index < -0.39 is 5.60 Å². The maximum absolute atomic E-state index is 10.4. The van der Waals surface area contributed by atoms with E-state index in [0.29, 0.717) is 11.6 Å². The van der Waals surface area contributed by atoms with E-state index in [1.54, 1.807) is 0 Å². The maximum atomic E-state index is 10.4. The molecule has 1 fully saturated rings. The Balaban J connectivity index is 1.99. The van der Waals surface area contributed by atoms with Crippen LogP contribution in [0.25, 0.3) is 0 Å². The summed E-state index contributed by atoms with van der Waals surface area (Å²) in [5, 5.41) is 14.4. The molecule has 0 heterocycles. The van der Waals surface area contributed by atoms with Crippen LogP contribution in [0.2, 0.25) is 5.02 Å². The molecule has 0 spiro atoms. The van der Waals surface area contributed by atoms with Crippen molar-refractivity contribution < 1.29 is 5.11 Å². The number of halogens is 2. The molecule has 0 saturated heterocycles. The van der Waals surface area contributed by atoms with Crippen molar-refractivity contribution in [2.24, 2.45) is 0 Å². The van der Waals surface area contributed by atoms with E-state index in [9.17, 15) is 5.11 Å². The number of aliphatic hydroxyl groups is 1. The third kappa shape index (κ3) is 3.60. The molecule has 0 bridgehead atoms. The number of benzene rings is 1. The third-order valence-electron chi connectivity index (χ3n) is 3.32. The number of nitrogens with one attached hydrogen (secondary N) is 1. The molecule has 0 amide bonds. The summed E-state index contributed by atoms with van der Waals surface area (Å²) >= 11 is 9.42. The first-order chi connectivity index (χ1) is 8.09. The molecule has 4 heteroatoms. The van der Waals surface area contributed by atoms with E-state index in [4.69, 9.17) is 11.6 Å². The van der Waals surface area contributed by atoms with Crippen LogP contribution in [0.3, 0.4) is 0 Å². The second-order valence-corrected chi connectivity index (χ2v) is 6.05. The summed E-state index contributed by atoms with van der Waals surface area (Å²) in [6.45, 7) is 0.589. The van der Waals surface area contributed by atoms with Gasteiger partial charge in [0.15, 0.2) is 0 Å². The summed E-state index contributed by atoms with van der Waals surface area (Å²) < 4.78 is 0.973. The topological polar surface area (TPSA) is 32.3 Å². The second kappa shape index (κ2) is 5.59. The highest BCUT2D eigenvalue weighted by molar-refractivity contribution is 9.10. The average Bonchev–Trinajstić information content (AvgIpc) is 2.31. The van der Waals surface area contributed by atoms with Crippen LogP contribution in [-0.4, -0.2) is 17.3 Å². The molecule has 0 atom stereocenters. The molecule has 0 aromatic heterocycles. The number of hydrogen-bond acceptors (Lipinski definition) is 2. The molecule has 2 nitrogen and oxygen atoms in total. The highest BCUT2D eigenvalue weighted by Crippen LogP contribution is 2.30. The Morgan fingerprint density at radius 1 is 1.29 bits per heavy atom. The summed E-state index contributed by atoms with van der Waals surface area (Å²) in [5.74, 6) is 0. The zero-order chi connectivity index (χ0) is 12.3. The fourth-order valence-electron chi connectivity index (χ4n) is 2.28. The van der Waals surface area contributed by atoms with Crippen LogP contribution in [0.4, 0.5) is 5.69 Å². The quantitative estimate of drug-likeness (QED) is 0.875. The van der Waals surface area contributed by atoms with Gasteiger partial charge in [0, 0.05) is 16.0 Å². The van der Waals surface area contributed by atoms with Crippen molar-refractivity contribution in [1.82, 2.24) is 0 Å². The van der Waals surface area contributed by atoms with E-state index in [1.165, 1.54) is 6.42 Å². The molecular weight excluding hydrogens is 302 g/mol. The van der Waals surface area contributed by atoms with Gasteiger partial charge in [0.25, 0.3) is 0 Å². The molecule has 0 unspecified atom stereocenters. The summed E-state index contributed by atoms with van der Waals surface area (Å²) in [6, 6.07) is 5.62. The van der Waals surface area contributed by atoms with E-state index in [1.807, 2.05) is 18.2 Å². The minimum atomic E-state index is -0.556. The Morgan fingerprint density at radius 2 is 2.00 bits per heavy atom. The molecule has 1 aromatic rings. The smallest absolute Gasteiger partial charge is 0.0819 e. The van der Waals surface area contributed by atoms with Crippen molar-refractivity contribution in [3.8, 4) is 0 Å². The molecule has 0 aliphatic heterocycles. The average molecular weight is 319 g/mol. The molecule has 2 N–H and O–H groups in total. The van der Waals surface area contributed by atoms with Gasteiger partial charge < -0.3 is 10.4 Å². The molecule has 17 heavy (non-hydrogen) atoms. The van der Waals surface area contributed by atoms with Gasteiger partial charge in [-0.1, -0.05) is 30.9 Å². The monoisotopic (exact) mass is 317 g/mol. The van der Waals surface area contributed by atoms with Crippen molar-refractivity contribution >= 4 is 33.2 Å². The standard InChI is InChI=1S/C13H17BrClNO/c14-11-5-4-10(15)8-12(11)16-9-13(17)6-2-1-3-7-13/h4-5,8,16-17H,1-3,6-7,9H2. The van der Waals surface area contributed by atoms with Crippen molar-refractivity contribution in [3.63, 3.8) is 0 Å². The number of anilines is 1. The predicted molar refractivity (Wildman–Crippen MR) is 75.7 cm³/mol. The van der Waals surface area contributed by atoms with Gasteiger partial charge >= 0.3 is 0 Å². The molecule has 1 aromatic carbocycles. The lowest BCUT2D eigenvalue weighted by Crippen LogP contribution is -2.38. The van der Waals surface area contributed by atoms with E-state index in [0.717, 1.165) is 35.8 Å². The van der Waals surface area contributed by atoms with Crippen LogP contribution in [0.1, 0.15) is 32.1 Å². The van der Waals surface area contributed by atoms with Gasteiger partial charge in [-0.15, -0.1) is 0 Å². The van der Waals surface area contributed by atoms with Gasteiger partial charge in [-0.05, 0) is 47.0 Å².